The smallest absolute Gasteiger partial charge is 0.0836 e. The lowest BCUT2D eigenvalue weighted by atomic mass is 10.1. The molecule has 0 aliphatic carbocycles. The number of ether oxygens (including phenoxy) is 1. The largest absolute Gasteiger partial charge is 0.376 e. The zero-order valence-corrected chi connectivity index (χ0v) is 8.06. The summed E-state index contributed by atoms with van der Waals surface area (Å²) in [5.74, 6) is 0. The lowest BCUT2D eigenvalue weighted by Gasteiger charge is -2.06. The molecule has 0 aromatic carbocycles. The van der Waals surface area contributed by atoms with Gasteiger partial charge in [0.05, 0.1) is 6.61 Å². The van der Waals surface area contributed by atoms with Crippen molar-refractivity contribution >= 4 is 0 Å². The average molecular weight is 169 g/mol. The highest BCUT2D eigenvalue weighted by molar-refractivity contribution is 4.55. The Morgan fingerprint density at radius 1 is 0.667 bits per heavy atom. The molecule has 0 N–H and O–H groups in total. The average Bonchev–Trinajstić information content (AvgIpc) is 2.05. The monoisotopic (exact) mass is 169 g/mol. The Bertz CT molecular complexity index is 48.0. The van der Waals surface area contributed by atoms with Crippen LogP contribution in [0.1, 0.15) is 57.8 Å². The molecule has 0 saturated carbocycles. The van der Waals surface area contributed by atoms with Gasteiger partial charge in [-0.25, -0.2) is 0 Å². The van der Waals surface area contributed by atoms with Crippen LogP contribution in [0.3, 0.4) is 0 Å². The molecule has 71 valence electrons. The van der Waals surface area contributed by atoms with Crippen molar-refractivity contribution in [2.75, 3.05) is 6.61 Å². The fourth-order valence-corrected chi connectivity index (χ4v) is 1.64. The minimum absolute atomic E-state index is 0.944. The van der Waals surface area contributed by atoms with E-state index >= 15 is 0 Å². The van der Waals surface area contributed by atoms with Gasteiger partial charge in [-0.3, -0.25) is 0 Å². The van der Waals surface area contributed by atoms with E-state index in [1.165, 1.54) is 51.4 Å². The summed E-state index contributed by atoms with van der Waals surface area (Å²) in [5, 5.41) is 0. The summed E-state index contributed by atoms with van der Waals surface area (Å²) in [4.78, 5) is 0. The lowest BCUT2D eigenvalue weighted by Crippen LogP contribution is -1.93. The maximum absolute atomic E-state index is 5.38. The van der Waals surface area contributed by atoms with Crippen molar-refractivity contribution in [2.45, 2.75) is 57.8 Å². The molecule has 0 spiro atoms. The van der Waals surface area contributed by atoms with E-state index < -0.39 is 0 Å². The molecule has 12 heavy (non-hydrogen) atoms. The Balaban J connectivity index is 2.00. The maximum Gasteiger partial charge on any atom is 0.0836 e. The van der Waals surface area contributed by atoms with Crippen molar-refractivity contribution in [3.63, 3.8) is 0 Å². The molecule has 0 aromatic rings. The Hall–Kier alpha value is -0.0400. The number of hydrogen-bond acceptors (Lipinski definition) is 1. The normalized spacial score (nSPS) is 24.0. The van der Waals surface area contributed by atoms with Crippen molar-refractivity contribution in [1.29, 1.82) is 0 Å². The summed E-state index contributed by atoms with van der Waals surface area (Å²) < 4.78 is 5.38. The predicted molar refractivity (Wildman–Crippen MR) is 51.8 cm³/mol. The van der Waals surface area contributed by atoms with Crippen LogP contribution in [0.25, 0.3) is 0 Å². The zero-order chi connectivity index (χ0) is 8.49. The highest BCUT2D eigenvalue weighted by Crippen LogP contribution is 2.12. The van der Waals surface area contributed by atoms with Gasteiger partial charge in [0.25, 0.3) is 0 Å². The fraction of sp³-hybridized carbons (Fsp3) is 0.909. The van der Waals surface area contributed by atoms with Gasteiger partial charge < -0.3 is 4.74 Å². The first-order valence-electron chi connectivity index (χ1n) is 5.43. The Labute approximate surface area is 76.5 Å². The molecule has 1 heterocycles. The molecule has 0 amide bonds. The Kier molecular flexibility index (Phi) is 6.36. The SMILES string of the molecule is [CH]1CCCCCCCCCCO1. The molecule has 1 fully saturated rings. The first-order chi connectivity index (χ1) is 6.00. The third-order valence-electron chi connectivity index (χ3n) is 2.45. The van der Waals surface area contributed by atoms with Crippen LogP contribution < -0.4 is 0 Å². The van der Waals surface area contributed by atoms with Crippen molar-refractivity contribution in [1.82, 2.24) is 0 Å². The van der Waals surface area contributed by atoms with E-state index in [4.69, 9.17) is 4.74 Å². The molecule has 1 heteroatoms. The van der Waals surface area contributed by atoms with E-state index in [1.54, 1.807) is 0 Å². The number of hydrogen-bond donors (Lipinski definition) is 0. The molecule has 0 atom stereocenters. The number of rotatable bonds is 0. The van der Waals surface area contributed by atoms with Gasteiger partial charge in [0.1, 0.15) is 0 Å². The van der Waals surface area contributed by atoms with Crippen LogP contribution in [-0.4, -0.2) is 6.61 Å². The van der Waals surface area contributed by atoms with Crippen molar-refractivity contribution in [3.05, 3.63) is 6.61 Å². The maximum atomic E-state index is 5.38. The van der Waals surface area contributed by atoms with Crippen molar-refractivity contribution in [3.8, 4) is 0 Å². The second-order valence-electron chi connectivity index (χ2n) is 3.65. The summed E-state index contributed by atoms with van der Waals surface area (Å²) in [6.45, 7) is 2.95. The first kappa shape index (κ1) is 10.0. The summed E-state index contributed by atoms with van der Waals surface area (Å²) in [6, 6.07) is 0. The minimum atomic E-state index is 0.944. The van der Waals surface area contributed by atoms with Gasteiger partial charge in [0.2, 0.25) is 0 Å². The summed E-state index contributed by atoms with van der Waals surface area (Å²) in [5.41, 5.74) is 0. The summed E-state index contributed by atoms with van der Waals surface area (Å²) in [7, 11) is 0. The molecule has 1 saturated heterocycles. The standard InChI is InChI=1S/C11H21O/c1-2-4-6-8-10-12-11-9-7-5-3-1/h10H,1-9,11H2. The third-order valence-corrected chi connectivity index (χ3v) is 2.45. The topological polar surface area (TPSA) is 9.23 Å². The molecule has 1 aliphatic heterocycles. The van der Waals surface area contributed by atoms with Crippen LogP contribution in [0, 0.1) is 6.61 Å². The van der Waals surface area contributed by atoms with Crippen LogP contribution in [0.5, 0.6) is 0 Å². The van der Waals surface area contributed by atoms with Gasteiger partial charge in [-0.1, -0.05) is 44.9 Å². The Morgan fingerprint density at radius 3 is 2.00 bits per heavy atom. The zero-order valence-electron chi connectivity index (χ0n) is 8.06. The molecule has 1 aliphatic rings. The second kappa shape index (κ2) is 7.60. The van der Waals surface area contributed by atoms with Gasteiger partial charge >= 0.3 is 0 Å². The van der Waals surface area contributed by atoms with E-state index in [9.17, 15) is 0 Å². The molecule has 0 bridgehead atoms. The van der Waals surface area contributed by atoms with Crippen LogP contribution in [-0.2, 0) is 4.74 Å². The molecule has 1 radical (unpaired) electrons. The van der Waals surface area contributed by atoms with Crippen LogP contribution in [0.15, 0.2) is 0 Å². The predicted octanol–water partition coefficient (Wildman–Crippen LogP) is 3.69. The van der Waals surface area contributed by atoms with Gasteiger partial charge in [-0.15, -0.1) is 0 Å². The fourth-order valence-electron chi connectivity index (χ4n) is 1.64. The van der Waals surface area contributed by atoms with Crippen molar-refractivity contribution < 1.29 is 4.74 Å². The van der Waals surface area contributed by atoms with Crippen molar-refractivity contribution in [2.24, 2.45) is 0 Å². The lowest BCUT2D eigenvalue weighted by molar-refractivity contribution is 0.182. The minimum Gasteiger partial charge on any atom is -0.376 e. The van der Waals surface area contributed by atoms with Gasteiger partial charge in [0.15, 0.2) is 0 Å². The summed E-state index contributed by atoms with van der Waals surface area (Å²) in [6.07, 6.45) is 12.2. The second-order valence-corrected chi connectivity index (χ2v) is 3.65. The van der Waals surface area contributed by atoms with Gasteiger partial charge in [-0.2, -0.15) is 0 Å². The van der Waals surface area contributed by atoms with Gasteiger partial charge in [-0.05, 0) is 12.8 Å². The van der Waals surface area contributed by atoms with Crippen LogP contribution >= 0.6 is 0 Å². The molecular weight excluding hydrogens is 148 g/mol. The Morgan fingerprint density at radius 2 is 1.25 bits per heavy atom. The van der Waals surface area contributed by atoms with E-state index in [-0.39, 0.29) is 0 Å². The van der Waals surface area contributed by atoms with Gasteiger partial charge in [0, 0.05) is 6.61 Å². The first-order valence-corrected chi connectivity index (χ1v) is 5.43. The van der Waals surface area contributed by atoms with E-state index in [2.05, 4.69) is 0 Å². The van der Waals surface area contributed by atoms with E-state index in [1.807, 2.05) is 6.61 Å². The highest BCUT2D eigenvalue weighted by Gasteiger charge is 1.96. The molecule has 1 nitrogen and oxygen atoms in total. The molecular formula is C11H21O. The van der Waals surface area contributed by atoms with Crippen LogP contribution in [0.4, 0.5) is 0 Å². The molecule has 0 unspecified atom stereocenters. The van der Waals surface area contributed by atoms with E-state index in [0.29, 0.717) is 0 Å². The quantitative estimate of drug-likeness (QED) is 0.537. The van der Waals surface area contributed by atoms with E-state index in [0.717, 1.165) is 13.0 Å². The molecule has 1 rings (SSSR count). The third kappa shape index (κ3) is 5.59. The summed E-state index contributed by atoms with van der Waals surface area (Å²) >= 11 is 0. The highest BCUT2D eigenvalue weighted by atomic mass is 16.5. The molecule has 0 aromatic heterocycles. The van der Waals surface area contributed by atoms with Crippen LogP contribution in [0.2, 0.25) is 0 Å².